The van der Waals surface area contributed by atoms with Gasteiger partial charge >= 0.3 is 0 Å². The summed E-state index contributed by atoms with van der Waals surface area (Å²) >= 11 is 0. The molecule has 1 aliphatic carbocycles. The first-order valence-corrected chi connectivity index (χ1v) is 5.97. The average Bonchev–Trinajstić information content (AvgIpc) is 2.18. The van der Waals surface area contributed by atoms with Crippen LogP contribution in [0.1, 0.15) is 64.2 Å². The van der Waals surface area contributed by atoms with Crippen molar-refractivity contribution in [1.29, 1.82) is 0 Å². The maximum atomic E-state index is 2.46. The molecule has 0 heterocycles. The third kappa shape index (κ3) is 6.86. The van der Waals surface area contributed by atoms with Gasteiger partial charge in [-0.25, -0.2) is 0 Å². The van der Waals surface area contributed by atoms with E-state index in [0.717, 1.165) is 0 Å². The Kier molecular flexibility index (Phi) is 6.94. The molecule has 0 bridgehead atoms. The monoisotopic (exact) mass is 179 g/mol. The van der Waals surface area contributed by atoms with Gasteiger partial charge in [-0.2, -0.15) is 0 Å². The molecule has 13 heavy (non-hydrogen) atoms. The number of hydrogen-bond acceptors (Lipinski definition) is 0. The van der Waals surface area contributed by atoms with E-state index < -0.39 is 0 Å². The minimum absolute atomic E-state index is 1.26. The van der Waals surface area contributed by atoms with E-state index >= 15 is 0 Å². The first kappa shape index (κ1) is 10.8. The molecule has 0 aromatic rings. The molecule has 0 saturated heterocycles. The fraction of sp³-hybridized carbons (Fsp3) is 0.769. The van der Waals surface area contributed by atoms with Gasteiger partial charge in [-0.15, -0.1) is 0 Å². The Morgan fingerprint density at radius 1 is 0.462 bits per heavy atom. The lowest BCUT2D eigenvalue weighted by Crippen LogP contribution is -1.80. The summed E-state index contributed by atoms with van der Waals surface area (Å²) in [6, 6.07) is 0. The van der Waals surface area contributed by atoms with E-state index in [2.05, 4.69) is 18.6 Å². The highest BCUT2D eigenvalue weighted by Crippen LogP contribution is 2.12. The molecule has 1 aliphatic rings. The molecule has 0 aromatic carbocycles. The third-order valence-corrected chi connectivity index (χ3v) is 2.73. The van der Waals surface area contributed by atoms with Crippen LogP contribution in [0.4, 0.5) is 0 Å². The van der Waals surface area contributed by atoms with Crippen molar-refractivity contribution < 1.29 is 0 Å². The normalized spacial score (nSPS) is 25.2. The highest BCUT2D eigenvalue weighted by atomic mass is 14.0. The highest BCUT2D eigenvalue weighted by Gasteiger charge is 1.93. The maximum Gasteiger partial charge on any atom is -0.0348 e. The Labute approximate surface area is 83.4 Å². The summed E-state index contributed by atoms with van der Waals surface area (Å²) in [5, 5.41) is 0. The van der Waals surface area contributed by atoms with Gasteiger partial charge in [0.15, 0.2) is 0 Å². The summed E-state index contributed by atoms with van der Waals surface area (Å²) in [6.07, 6.45) is 21.0. The van der Waals surface area contributed by atoms with Crippen LogP contribution in [-0.4, -0.2) is 0 Å². The second-order valence-corrected chi connectivity index (χ2v) is 4.04. The van der Waals surface area contributed by atoms with Crippen LogP contribution in [0.2, 0.25) is 0 Å². The number of allylic oxidation sites excluding steroid dienone is 2. The number of rotatable bonds is 0. The molecule has 0 spiro atoms. The van der Waals surface area contributed by atoms with Gasteiger partial charge < -0.3 is 0 Å². The molecule has 0 N–H and O–H groups in total. The van der Waals surface area contributed by atoms with Crippen LogP contribution in [-0.2, 0) is 0 Å². The molecule has 0 saturated carbocycles. The average molecular weight is 179 g/mol. The Balaban J connectivity index is 2.09. The molecule has 0 heteroatoms. The largest absolute Gasteiger partial charge is 0.0885 e. The fourth-order valence-corrected chi connectivity index (χ4v) is 1.85. The Morgan fingerprint density at radius 2 is 1.08 bits per heavy atom. The second kappa shape index (κ2) is 8.34. The zero-order chi connectivity index (χ0) is 9.19. The van der Waals surface area contributed by atoms with E-state index in [9.17, 15) is 0 Å². The molecular weight excluding hydrogens is 156 g/mol. The smallest absolute Gasteiger partial charge is 0.0348 e. The standard InChI is InChI=1S/C13H23/c1-2-4-6-8-10-12-13-11-9-7-5-3-1/h1-2,7H,3-6,8-13H2/b2-1+. The van der Waals surface area contributed by atoms with Crippen LogP contribution in [0.5, 0.6) is 0 Å². The van der Waals surface area contributed by atoms with E-state index in [1.54, 1.807) is 0 Å². The first-order valence-electron chi connectivity index (χ1n) is 5.97. The van der Waals surface area contributed by atoms with Gasteiger partial charge in [0.25, 0.3) is 0 Å². The molecule has 1 radical (unpaired) electrons. The van der Waals surface area contributed by atoms with Crippen LogP contribution >= 0.6 is 0 Å². The summed E-state index contributed by atoms with van der Waals surface area (Å²) < 4.78 is 0. The molecule has 0 aromatic heterocycles. The van der Waals surface area contributed by atoms with Crippen LogP contribution in [0, 0.1) is 6.42 Å². The Hall–Kier alpha value is -0.260. The van der Waals surface area contributed by atoms with Gasteiger partial charge in [0, 0.05) is 0 Å². The summed E-state index contributed by atoms with van der Waals surface area (Å²) in [5.74, 6) is 0. The van der Waals surface area contributed by atoms with Crippen molar-refractivity contribution in [2.24, 2.45) is 0 Å². The Bertz CT molecular complexity index is 110. The summed E-state index contributed by atoms with van der Waals surface area (Å²) in [4.78, 5) is 0. The molecule has 0 fully saturated rings. The van der Waals surface area contributed by atoms with Gasteiger partial charge in [-0.05, 0) is 32.1 Å². The quantitative estimate of drug-likeness (QED) is 0.474. The number of hydrogen-bond donors (Lipinski definition) is 0. The molecule has 0 unspecified atom stereocenters. The summed E-state index contributed by atoms with van der Waals surface area (Å²) in [7, 11) is 0. The fourth-order valence-electron chi connectivity index (χ4n) is 1.85. The first-order chi connectivity index (χ1) is 6.50. The zero-order valence-electron chi connectivity index (χ0n) is 8.80. The van der Waals surface area contributed by atoms with Crippen molar-refractivity contribution in [3.63, 3.8) is 0 Å². The Morgan fingerprint density at radius 3 is 1.92 bits per heavy atom. The van der Waals surface area contributed by atoms with Crippen LogP contribution < -0.4 is 0 Å². The van der Waals surface area contributed by atoms with E-state index in [1.807, 2.05) is 0 Å². The molecular formula is C13H23. The van der Waals surface area contributed by atoms with E-state index in [1.165, 1.54) is 64.2 Å². The van der Waals surface area contributed by atoms with E-state index in [4.69, 9.17) is 0 Å². The topological polar surface area (TPSA) is 0 Å². The lowest BCUT2D eigenvalue weighted by atomic mass is 10.1. The van der Waals surface area contributed by atoms with Crippen LogP contribution in [0.15, 0.2) is 12.2 Å². The van der Waals surface area contributed by atoms with Gasteiger partial charge in [0.05, 0.1) is 0 Å². The molecule has 75 valence electrons. The van der Waals surface area contributed by atoms with Crippen molar-refractivity contribution in [1.82, 2.24) is 0 Å². The van der Waals surface area contributed by atoms with Crippen molar-refractivity contribution in [2.75, 3.05) is 0 Å². The van der Waals surface area contributed by atoms with Gasteiger partial charge in [-0.1, -0.05) is 50.7 Å². The lowest BCUT2D eigenvalue weighted by molar-refractivity contribution is 0.593. The highest BCUT2D eigenvalue weighted by molar-refractivity contribution is 4.83. The SMILES string of the molecule is [CH]1CC/C=C/CCCCCCCC1. The summed E-state index contributed by atoms with van der Waals surface area (Å²) in [6.45, 7) is 0. The predicted octanol–water partition coefficient (Wildman–Crippen LogP) is 4.66. The molecule has 1 rings (SSSR count). The maximum absolute atomic E-state index is 2.46. The van der Waals surface area contributed by atoms with Crippen molar-refractivity contribution in [3.05, 3.63) is 18.6 Å². The molecule has 0 atom stereocenters. The molecule has 0 amide bonds. The van der Waals surface area contributed by atoms with Crippen LogP contribution in [0.3, 0.4) is 0 Å². The minimum atomic E-state index is 1.26. The van der Waals surface area contributed by atoms with Gasteiger partial charge in [-0.3, -0.25) is 0 Å². The minimum Gasteiger partial charge on any atom is -0.0885 e. The van der Waals surface area contributed by atoms with E-state index in [-0.39, 0.29) is 0 Å². The summed E-state index contributed by atoms with van der Waals surface area (Å²) in [5.41, 5.74) is 0. The second-order valence-electron chi connectivity index (χ2n) is 4.04. The van der Waals surface area contributed by atoms with Gasteiger partial charge in [0.1, 0.15) is 0 Å². The van der Waals surface area contributed by atoms with Crippen molar-refractivity contribution >= 4 is 0 Å². The zero-order valence-corrected chi connectivity index (χ0v) is 8.80. The third-order valence-electron chi connectivity index (χ3n) is 2.73. The van der Waals surface area contributed by atoms with Crippen molar-refractivity contribution in [2.45, 2.75) is 64.2 Å². The predicted molar refractivity (Wildman–Crippen MR) is 59.6 cm³/mol. The molecule has 0 nitrogen and oxygen atoms in total. The van der Waals surface area contributed by atoms with Crippen molar-refractivity contribution in [3.8, 4) is 0 Å². The molecule has 0 aliphatic heterocycles. The lowest BCUT2D eigenvalue weighted by Gasteiger charge is -1.99. The van der Waals surface area contributed by atoms with Crippen LogP contribution in [0.25, 0.3) is 0 Å². The van der Waals surface area contributed by atoms with Gasteiger partial charge in [0.2, 0.25) is 0 Å². The van der Waals surface area contributed by atoms with E-state index in [0.29, 0.717) is 0 Å².